The Hall–Kier alpha value is -2.82. The number of carbonyl (C=O) groups is 1. The van der Waals surface area contributed by atoms with Gasteiger partial charge in [0.1, 0.15) is 5.69 Å². The van der Waals surface area contributed by atoms with Gasteiger partial charge in [0.25, 0.3) is 5.91 Å². The zero-order valence-corrected chi connectivity index (χ0v) is 21.9. The molecule has 0 saturated carbocycles. The smallest absolute Gasteiger partial charge is 0.269 e. The molecule has 9 nitrogen and oxygen atoms in total. The fourth-order valence-electron chi connectivity index (χ4n) is 3.10. The summed E-state index contributed by atoms with van der Waals surface area (Å²) in [7, 11) is -1.92. The highest BCUT2D eigenvalue weighted by molar-refractivity contribution is 6.74. The van der Waals surface area contributed by atoms with Crippen LogP contribution in [0.25, 0.3) is 0 Å². The van der Waals surface area contributed by atoms with Crippen molar-refractivity contribution in [2.45, 2.75) is 64.9 Å². The minimum Gasteiger partial charge on any atom is -0.413 e. The van der Waals surface area contributed by atoms with E-state index < -0.39 is 8.32 Å². The molecule has 3 aromatic rings. The van der Waals surface area contributed by atoms with E-state index in [2.05, 4.69) is 69.4 Å². The number of hydrogen-bond donors (Lipinski definition) is 4. The summed E-state index contributed by atoms with van der Waals surface area (Å²) in [6.07, 6.45) is 8.42. The lowest BCUT2D eigenvalue weighted by Gasteiger charge is -2.36. The van der Waals surface area contributed by atoms with E-state index in [9.17, 15) is 4.79 Å². The number of aromatic nitrogens is 5. The van der Waals surface area contributed by atoms with E-state index in [1.807, 2.05) is 18.3 Å². The number of H-pyrrole nitrogens is 2. The SMILES string of the molecule is CC(C)(C)[Si](C)(C)OCc1cc(CNCCc2cnc[nH]2)nc(C(=O)NCCc2cnc[nH]2)c1. The number of nitrogens with one attached hydrogen (secondary N) is 4. The second kappa shape index (κ2) is 11.5. The zero-order chi connectivity index (χ0) is 24.6. The molecule has 0 aliphatic carbocycles. The summed E-state index contributed by atoms with van der Waals surface area (Å²) >= 11 is 0. The predicted molar refractivity (Wildman–Crippen MR) is 135 cm³/mol. The first kappa shape index (κ1) is 25.8. The van der Waals surface area contributed by atoms with E-state index in [0.717, 1.165) is 35.6 Å². The van der Waals surface area contributed by atoms with E-state index >= 15 is 0 Å². The predicted octanol–water partition coefficient (Wildman–Crippen LogP) is 3.35. The molecule has 0 radical (unpaired) electrons. The molecule has 0 aromatic carbocycles. The van der Waals surface area contributed by atoms with Gasteiger partial charge in [0.05, 0.1) is 25.0 Å². The molecular formula is C24H37N7O2Si. The molecule has 4 N–H and O–H groups in total. The van der Waals surface area contributed by atoms with Gasteiger partial charge in [0.2, 0.25) is 0 Å². The van der Waals surface area contributed by atoms with Crippen LogP contribution in [0, 0.1) is 0 Å². The number of nitrogens with zero attached hydrogens (tertiary/aromatic N) is 3. The maximum Gasteiger partial charge on any atom is 0.269 e. The van der Waals surface area contributed by atoms with Crippen LogP contribution in [-0.4, -0.2) is 52.2 Å². The van der Waals surface area contributed by atoms with Crippen LogP contribution in [0.5, 0.6) is 0 Å². The summed E-state index contributed by atoms with van der Waals surface area (Å²) in [6, 6.07) is 3.87. The summed E-state index contributed by atoms with van der Waals surface area (Å²) < 4.78 is 6.41. The maximum atomic E-state index is 12.9. The molecule has 0 aliphatic rings. The van der Waals surface area contributed by atoms with Crippen molar-refractivity contribution < 1.29 is 9.22 Å². The Kier molecular flexibility index (Phi) is 8.76. The molecule has 3 rings (SSSR count). The van der Waals surface area contributed by atoms with Gasteiger partial charge in [-0.15, -0.1) is 0 Å². The van der Waals surface area contributed by atoms with E-state index in [4.69, 9.17) is 4.43 Å². The molecule has 0 fully saturated rings. The van der Waals surface area contributed by atoms with Gasteiger partial charge in [-0.2, -0.15) is 0 Å². The zero-order valence-electron chi connectivity index (χ0n) is 20.9. The van der Waals surface area contributed by atoms with Crippen LogP contribution >= 0.6 is 0 Å². The number of rotatable bonds is 12. The second-order valence-electron chi connectivity index (χ2n) is 9.99. The molecule has 3 heterocycles. The monoisotopic (exact) mass is 483 g/mol. The van der Waals surface area contributed by atoms with E-state index in [-0.39, 0.29) is 10.9 Å². The number of pyridine rings is 1. The topological polar surface area (TPSA) is 121 Å². The third-order valence-corrected chi connectivity index (χ3v) is 10.7. The van der Waals surface area contributed by atoms with Crippen molar-refractivity contribution >= 4 is 14.2 Å². The summed E-state index contributed by atoms with van der Waals surface area (Å²) in [6.45, 7) is 13.4. The molecule has 10 heteroatoms. The molecule has 0 saturated heterocycles. The van der Waals surface area contributed by atoms with Gasteiger partial charge in [-0.05, 0) is 35.8 Å². The van der Waals surface area contributed by atoms with Gasteiger partial charge in [-0.1, -0.05) is 20.8 Å². The Morgan fingerprint density at radius 1 is 1.03 bits per heavy atom. The Morgan fingerprint density at radius 2 is 1.68 bits per heavy atom. The lowest BCUT2D eigenvalue weighted by molar-refractivity contribution is 0.0948. The number of imidazole rings is 2. The Balaban J connectivity index is 1.65. The van der Waals surface area contributed by atoms with Crippen molar-refractivity contribution in [3.63, 3.8) is 0 Å². The van der Waals surface area contributed by atoms with Crippen molar-refractivity contribution in [2.75, 3.05) is 13.1 Å². The first-order valence-corrected chi connectivity index (χ1v) is 14.6. The second-order valence-corrected chi connectivity index (χ2v) is 14.8. The summed E-state index contributed by atoms with van der Waals surface area (Å²) in [5.74, 6) is -0.188. The van der Waals surface area contributed by atoms with Gasteiger partial charge in [0.15, 0.2) is 8.32 Å². The van der Waals surface area contributed by atoms with Crippen molar-refractivity contribution in [3.05, 3.63) is 65.5 Å². The number of carbonyl (C=O) groups excluding carboxylic acids is 1. The fourth-order valence-corrected chi connectivity index (χ4v) is 4.07. The normalized spacial score (nSPS) is 12.1. The van der Waals surface area contributed by atoms with E-state index in [1.54, 1.807) is 18.9 Å². The van der Waals surface area contributed by atoms with Crippen LogP contribution in [0.1, 0.15) is 53.9 Å². The van der Waals surface area contributed by atoms with Gasteiger partial charge in [-0.25, -0.2) is 15.0 Å². The lowest BCUT2D eigenvalue weighted by atomic mass is 10.2. The third kappa shape index (κ3) is 7.61. The third-order valence-electron chi connectivity index (χ3n) is 6.24. The van der Waals surface area contributed by atoms with E-state index in [0.29, 0.717) is 31.8 Å². The van der Waals surface area contributed by atoms with Gasteiger partial charge in [-0.3, -0.25) is 4.79 Å². The van der Waals surface area contributed by atoms with Crippen LogP contribution in [0.15, 0.2) is 37.2 Å². The highest BCUT2D eigenvalue weighted by Crippen LogP contribution is 2.37. The highest BCUT2D eigenvalue weighted by atomic mass is 28.4. The number of amides is 1. The molecule has 3 aromatic heterocycles. The van der Waals surface area contributed by atoms with Crippen LogP contribution in [0.4, 0.5) is 0 Å². The standard InChI is InChI=1S/C24H37N7O2Si/c1-24(2,3)34(4,5)33-15-18-10-21(14-25-8-6-19-12-26-16-29-19)31-22(11-18)23(32)28-9-7-20-13-27-17-30-20/h10-13,16-17,25H,6-9,14-15H2,1-5H3,(H,26,29)(H,27,30)(H,28,32). The highest BCUT2D eigenvalue weighted by Gasteiger charge is 2.37. The molecule has 0 bridgehead atoms. The average molecular weight is 484 g/mol. The van der Waals surface area contributed by atoms with Crippen molar-refractivity contribution in [2.24, 2.45) is 0 Å². The Labute approximate surface area is 202 Å². The van der Waals surface area contributed by atoms with Gasteiger partial charge in [0, 0.05) is 56.3 Å². The summed E-state index contributed by atoms with van der Waals surface area (Å²) in [4.78, 5) is 31.7. The Morgan fingerprint density at radius 3 is 2.26 bits per heavy atom. The average Bonchev–Trinajstić information content (AvgIpc) is 3.49. The first-order chi connectivity index (χ1) is 16.1. The minimum absolute atomic E-state index is 0.115. The van der Waals surface area contributed by atoms with Crippen molar-refractivity contribution in [1.82, 2.24) is 35.6 Å². The minimum atomic E-state index is -1.92. The molecule has 0 unspecified atom stereocenters. The van der Waals surface area contributed by atoms with E-state index in [1.165, 1.54) is 0 Å². The molecular weight excluding hydrogens is 446 g/mol. The maximum absolute atomic E-state index is 12.9. The summed E-state index contributed by atoms with van der Waals surface area (Å²) in [5, 5.41) is 6.48. The Bertz CT molecular complexity index is 1030. The molecule has 34 heavy (non-hydrogen) atoms. The van der Waals surface area contributed by atoms with Gasteiger partial charge < -0.3 is 25.0 Å². The fraction of sp³-hybridized carbons (Fsp3) is 0.500. The molecule has 184 valence electrons. The number of hydrogen-bond acceptors (Lipinski definition) is 6. The van der Waals surface area contributed by atoms with Crippen LogP contribution < -0.4 is 10.6 Å². The molecule has 0 spiro atoms. The molecule has 0 atom stereocenters. The first-order valence-electron chi connectivity index (χ1n) is 11.7. The van der Waals surface area contributed by atoms with Crippen LogP contribution in [0.3, 0.4) is 0 Å². The van der Waals surface area contributed by atoms with Crippen LogP contribution in [0.2, 0.25) is 18.1 Å². The quantitative estimate of drug-likeness (QED) is 0.232. The molecule has 0 aliphatic heterocycles. The lowest BCUT2D eigenvalue weighted by Crippen LogP contribution is -2.40. The summed E-state index contributed by atoms with van der Waals surface area (Å²) in [5.41, 5.74) is 4.25. The van der Waals surface area contributed by atoms with Crippen molar-refractivity contribution in [3.8, 4) is 0 Å². The van der Waals surface area contributed by atoms with Crippen LogP contribution in [-0.2, 0) is 30.4 Å². The largest absolute Gasteiger partial charge is 0.413 e. The molecule has 1 amide bonds. The number of aromatic amines is 2. The van der Waals surface area contributed by atoms with Crippen molar-refractivity contribution in [1.29, 1.82) is 0 Å². The van der Waals surface area contributed by atoms with Gasteiger partial charge >= 0.3 is 0 Å².